The van der Waals surface area contributed by atoms with E-state index in [1.807, 2.05) is 25.7 Å². The zero-order chi connectivity index (χ0) is 11.9. The lowest BCUT2D eigenvalue weighted by Gasteiger charge is -2.28. The van der Waals surface area contributed by atoms with Crippen molar-refractivity contribution in [3.8, 4) is 0 Å². The summed E-state index contributed by atoms with van der Waals surface area (Å²) in [7, 11) is 1.00. The molecule has 0 aliphatic heterocycles. The Morgan fingerprint density at radius 1 is 1.40 bits per heavy atom. The van der Waals surface area contributed by atoms with Crippen molar-refractivity contribution in [1.82, 2.24) is 4.90 Å². The highest BCUT2D eigenvalue weighted by Crippen LogP contribution is 2.15. The van der Waals surface area contributed by atoms with Gasteiger partial charge in [-0.05, 0) is 26.7 Å². The molecule has 0 aromatic carbocycles. The number of hydrogen-bond donors (Lipinski definition) is 0. The predicted octanol–water partition coefficient (Wildman–Crippen LogP) is 1.74. The van der Waals surface area contributed by atoms with Crippen LogP contribution in [0.5, 0.6) is 0 Å². The third-order valence-corrected chi connectivity index (χ3v) is 3.40. The Morgan fingerprint density at radius 2 is 2.00 bits per heavy atom. The fraction of sp³-hybridized carbons (Fsp3) is 0.909. The molecular weight excluding hydrogens is 206 g/mol. The van der Waals surface area contributed by atoms with Crippen LogP contribution in [0.3, 0.4) is 0 Å². The van der Waals surface area contributed by atoms with Crippen molar-refractivity contribution >= 4 is 16.3 Å². The number of hydrogen-bond acceptors (Lipinski definition) is 2. The van der Waals surface area contributed by atoms with E-state index in [9.17, 15) is 4.79 Å². The number of ether oxygens (including phenoxy) is 1. The Balaban J connectivity index is 4.15. The van der Waals surface area contributed by atoms with Crippen molar-refractivity contribution in [3.63, 3.8) is 0 Å². The van der Waals surface area contributed by atoms with Gasteiger partial charge in [0, 0.05) is 23.0 Å². The first-order chi connectivity index (χ1) is 6.96. The van der Waals surface area contributed by atoms with E-state index in [-0.39, 0.29) is 11.7 Å². The fourth-order valence-electron chi connectivity index (χ4n) is 1.10. The van der Waals surface area contributed by atoms with Crippen LogP contribution in [-0.4, -0.2) is 39.5 Å². The molecule has 3 nitrogen and oxygen atoms in total. The maximum absolute atomic E-state index is 11.8. The smallest absolute Gasteiger partial charge is 0.409 e. The Bertz CT molecular complexity index is 195. The molecule has 0 fully saturated rings. The zero-order valence-electron chi connectivity index (χ0n) is 10.8. The summed E-state index contributed by atoms with van der Waals surface area (Å²) in [5.41, 5.74) is -0.335. The van der Waals surface area contributed by atoms with Gasteiger partial charge < -0.3 is 9.64 Å². The van der Waals surface area contributed by atoms with Gasteiger partial charge in [-0.3, -0.25) is 0 Å². The molecule has 0 bridgehead atoms. The maximum atomic E-state index is 11.8. The van der Waals surface area contributed by atoms with E-state index in [0.29, 0.717) is 0 Å². The summed E-state index contributed by atoms with van der Waals surface area (Å²) in [6, 6.07) is 0. The van der Waals surface area contributed by atoms with Crippen molar-refractivity contribution in [2.75, 3.05) is 12.7 Å². The summed E-state index contributed by atoms with van der Waals surface area (Å²) in [4.78, 5) is 13.6. The second kappa shape index (κ2) is 6.88. The molecule has 0 radical (unpaired) electrons. The van der Waals surface area contributed by atoms with E-state index in [0.717, 1.165) is 42.2 Å². The summed E-state index contributed by atoms with van der Waals surface area (Å²) >= 11 is 0. The molecule has 0 aromatic rings. The molecule has 0 aromatic heterocycles. The molecule has 0 saturated heterocycles. The van der Waals surface area contributed by atoms with Gasteiger partial charge >= 0.3 is 6.09 Å². The van der Waals surface area contributed by atoms with Gasteiger partial charge in [0.25, 0.3) is 0 Å². The quantitative estimate of drug-likeness (QED) is 0.652. The van der Waals surface area contributed by atoms with Crippen molar-refractivity contribution in [2.45, 2.75) is 52.6 Å². The highest BCUT2D eigenvalue weighted by atomic mass is 28.1. The van der Waals surface area contributed by atoms with Crippen LogP contribution >= 0.6 is 0 Å². The molecule has 0 unspecified atom stereocenters. The number of amides is 1. The predicted molar refractivity (Wildman–Crippen MR) is 67.3 cm³/mol. The third kappa shape index (κ3) is 5.82. The van der Waals surface area contributed by atoms with Crippen molar-refractivity contribution in [2.24, 2.45) is 0 Å². The molecule has 0 saturated carbocycles. The van der Waals surface area contributed by atoms with Gasteiger partial charge in [-0.15, -0.1) is 0 Å². The summed E-state index contributed by atoms with van der Waals surface area (Å²) in [5.74, 6) is 0. The Hall–Kier alpha value is -0.513. The Kier molecular flexibility index (Phi) is 6.64. The molecule has 0 N–H and O–H groups in total. The minimum absolute atomic E-state index is 0.148. The summed E-state index contributed by atoms with van der Waals surface area (Å²) in [6.45, 7) is 8.90. The summed E-state index contributed by atoms with van der Waals surface area (Å²) in [6.07, 6.45) is 3.73. The van der Waals surface area contributed by atoms with Gasteiger partial charge in [-0.1, -0.05) is 20.3 Å². The van der Waals surface area contributed by atoms with Gasteiger partial charge in [-0.25, -0.2) is 4.79 Å². The maximum Gasteiger partial charge on any atom is 0.409 e. The van der Waals surface area contributed by atoms with Crippen LogP contribution in [0.25, 0.3) is 0 Å². The van der Waals surface area contributed by atoms with Crippen LogP contribution in [0.15, 0.2) is 0 Å². The van der Waals surface area contributed by atoms with Crippen LogP contribution in [0.4, 0.5) is 4.79 Å². The lowest BCUT2D eigenvalue weighted by atomic mass is 10.1. The monoisotopic (exact) mass is 231 g/mol. The van der Waals surface area contributed by atoms with Gasteiger partial charge in [0.05, 0.1) is 0 Å². The molecule has 1 amide bonds. The molecule has 15 heavy (non-hydrogen) atoms. The van der Waals surface area contributed by atoms with Crippen LogP contribution in [-0.2, 0) is 4.74 Å². The van der Waals surface area contributed by atoms with E-state index < -0.39 is 0 Å². The summed E-state index contributed by atoms with van der Waals surface area (Å²) in [5, 5.41) is 0. The fourth-order valence-corrected chi connectivity index (χ4v) is 1.67. The third-order valence-electron chi connectivity index (χ3n) is 2.64. The molecule has 0 aliphatic rings. The van der Waals surface area contributed by atoms with Gasteiger partial charge in [0.2, 0.25) is 0 Å². The SMILES string of the molecule is CCCCN(C[SiH3])C(=O)OC(C)(C)CC. The highest BCUT2D eigenvalue weighted by Gasteiger charge is 2.23. The second-order valence-electron chi connectivity index (χ2n) is 4.41. The van der Waals surface area contributed by atoms with Gasteiger partial charge in [0.15, 0.2) is 0 Å². The molecule has 90 valence electrons. The van der Waals surface area contributed by atoms with E-state index in [4.69, 9.17) is 4.74 Å². The molecular formula is C11H25NO2Si. The largest absolute Gasteiger partial charge is 0.443 e. The minimum atomic E-state index is -0.335. The second-order valence-corrected chi connectivity index (χ2v) is 5.05. The highest BCUT2D eigenvalue weighted by molar-refractivity contribution is 6.09. The average Bonchev–Trinajstić information content (AvgIpc) is 2.18. The van der Waals surface area contributed by atoms with E-state index in [1.54, 1.807) is 0 Å². The van der Waals surface area contributed by atoms with Crippen molar-refractivity contribution < 1.29 is 9.53 Å². The minimum Gasteiger partial charge on any atom is -0.443 e. The first-order valence-electron chi connectivity index (χ1n) is 5.94. The average molecular weight is 231 g/mol. The number of rotatable bonds is 6. The Morgan fingerprint density at radius 3 is 2.40 bits per heavy atom. The van der Waals surface area contributed by atoms with Crippen LogP contribution in [0.2, 0.25) is 0 Å². The number of carbonyl (C=O) groups is 1. The Labute approximate surface area is 96.6 Å². The molecule has 4 heteroatoms. The van der Waals surface area contributed by atoms with Crippen molar-refractivity contribution in [1.29, 1.82) is 0 Å². The number of nitrogens with zero attached hydrogens (tertiary/aromatic N) is 1. The lowest BCUT2D eigenvalue weighted by Crippen LogP contribution is -2.39. The standard InChI is InChI=1S/C11H25NO2Si/c1-5-7-8-12(9-15)10(13)14-11(3,4)6-2/h5-9H2,1-4,15H3. The van der Waals surface area contributed by atoms with Gasteiger partial charge in [-0.2, -0.15) is 0 Å². The van der Waals surface area contributed by atoms with Gasteiger partial charge in [0.1, 0.15) is 5.60 Å². The van der Waals surface area contributed by atoms with E-state index in [2.05, 4.69) is 6.92 Å². The normalized spacial score (nSPS) is 11.5. The van der Waals surface area contributed by atoms with E-state index >= 15 is 0 Å². The lowest BCUT2D eigenvalue weighted by molar-refractivity contribution is 0.0142. The first kappa shape index (κ1) is 14.5. The topological polar surface area (TPSA) is 29.5 Å². The van der Waals surface area contributed by atoms with Crippen molar-refractivity contribution in [3.05, 3.63) is 0 Å². The van der Waals surface area contributed by atoms with Crippen LogP contribution in [0.1, 0.15) is 47.0 Å². The molecule has 0 rings (SSSR count). The molecule has 0 spiro atoms. The molecule has 0 atom stereocenters. The first-order valence-corrected chi connectivity index (χ1v) is 7.36. The van der Waals surface area contributed by atoms with Crippen LogP contribution in [0, 0.1) is 0 Å². The number of carbonyl (C=O) groups excluding carboxylic acids is 1. The zero-order valence-corrected chi connectivity index (χ0v) is 12.8. The molecule has 0 aliphatic carbocycles. The van der Waals surface area contributed by atoms with Crippen LogP contribution < -0.4 is 0 Å². The number of unbranched alkanes of at least 4 members (excludes halogenated alkanes) is 1. The van der Waals surface area contributed by atoms with E-state index in [1.165, 1.54) is 0 Å². The molecule has 0 heterocycles. The summed E-state index contributed by atoms with van der Waals surface area (Å²) < 4.78 is 5.45.